The zero-order chi connectivity index (χ0) is 17.4. The van der Waals surface area contributed by atoms with E-state index in [0.717, 1.165) is 6.20 Å². The maximum Gasteiger partial charge on any atom is 0.430 e. The van der Waals surface area contributed by atoms with Crippen molar-refractivity contribution in [2.45, 2.75) is 26.1 Å². The van der Waals surface area contributed by atoms with E-state index in [1.54, 1.807) is 0 Å². The maximum atomic E-state index is 13.4. The first-order valence-corrected chi connectivity index (χ1v) is 6.88. The number of hydrogen-bond donors (Lipinski definition) is 0. The smallest absolute Gasteiger partial charge is 0.430 e. The van der Waals surface area contributed by atoms with Gasteiger partial charge in [0.25, 0.3) is 0 Å². The van der Waals surface area contributed by atoms with Crippen LogP contribution in [0.5, 0.6) is 0 Å². The van der Waals surface area contributed by atoms with Crippen molar-refractivity contribution < 1.29 is 22.7 Å². The van der Waals surface area contributed by atoms with Gasteiger partial charge in [0.05, 0.1) is 16.3 Å². The van der Waals surface area contributed by atoms with Crippen LogP contribution in [0.25, 0.3) is 0 Å². The van der Waals surface area contributed by atoms with Crippen molar-refractivity contribution in [1.29, 1.82) is 0 Å². The Hall–Kier alpha value is -2.09. The van der Waals surface area contributed by atoms with E-state index in [4.69, 9.17) is 16.3 Å². The Morgan fingerprint density at radius 3 is 2.52 bits per heavy atom. The number of rotatable bonds is 3. The van der Waals surface area contributed by atoms with Gasteiger partial charge in [-0.2, -0.15) is 18.3 Å². The molecule has 2 rings (SSSR count). The van der Waals surface area contributed by atoms with Crippen LogP contribution in [-0.2, 0) is 11.8 Å². The molecule has 0 aliphatic carbocycles. The highest BCUT2D eigenvalue weighted by Crippen LogP contribution is 2.39. The monoisotopic (exact) mass is 347 g/mol. The highest BCUT2D eigenvalue weighted by Gasteiger charge is 2.47. The summed E-state index contributed by atoms with van der Waals surface area (Å²) in [5.41, 5.74) is 0.0352. The lowest BCUT2D eigenvalue weighted by atomic mass is 10.1. The molecule has 5 nitrogen and oxygen atoms in total. The Labute approximate surface area is 135 Å². The normalized spacial score (nSPS) is 13.0. The summed E-state index contributed by atoms with van der Waals surface area (Å²) in [7, 11) is 1.51. The minimum atomic E-state index is -4.78. The van der Waals surface area contributed by atoms with Crippen LogP contribution >= 0.6 is 11.6 Å². The van der Waals surface area contributed by atoms with E-state index >= 15 is 0 Å². The van der Waals surface area contributed by atoms with Crippen molar-refractivity contribution in [3.8, 4) is 0 Å². The van der Waals surface area contributed by atoms with Gasteiger partial charge < -0.3 is 4.74 Å². The predicted molar refractivity (Wildman–Crippen MR) is 76.1 cm³/mol. The third kappa shape index (κ3) is 3.47. The lowest BCUT2D eigenvalue weighted by Gasteiger charge is -2.21. The Morgan fingerprint density at radius 2 is 2.04 bits per heavy atom. The largest absolute Gasteiger partial charge is 0.444 e. The van der Waals surface area contributed by atoms with Crippen LogP contribution < -0.4 is 0 Å². The first-order chi connectivity index (χ1) is 10.6. The van der Waals surface area contributed by atoms with Crippen LogP contribution in [0.1, 0.15) is 33.4 Å². The zero-order valence-corrected chi connectivity index (χ0v) is 13.2. The van der Waals surface area contributed by atoms with E-state index in [-0.39, 0.29) is 27.5 Å². The number of carbonyl (C=O) groups excluding carboxylic acids is 1. The van der Waals surface area contributed by atoms with Gasteiger partial charge in [-0.25, -0.2) is 4.79 Å². The molecule has 0 amide bonds. The molecule has 0 N–H and O–H groups in total. The average molecular weight is 348 g/mol. The number of aromatic nitrogens is 3. The van der Waals surface area contributed by atoms with Crippen molar-refractivity contribution in [3.63, 3.8) is 0 Å². The van der Waals surface area contributed by atoms with Gasteiger partial charge in [0.1, 0.15) is 0 Å². The standard InChI is InChI=1S/C14H13ClF3N3O2/c1-7-11(8(2)21(3)20-7)12(14(16,17)18)23-13(22)9-4-5-19-6-10(9)15/h4-6,12H,1-3H3/t12-/m1/s1. The minimum Gasteiger partial charge on any atom is -0.444 e. The molecular formula is C14H13ClF3N3O2. The number of carbonyl (C=O) groups is 1. The molecule has 124 valence electrons. The van der Waals surface area contributed by atoms with Crippen molar-refractivity contribution in [2.24, 2.45) is 7.05 Å². The molecule has 0 spiro atoms. The summed E-state index contributed by atoms with van der Waals surface area (Å²) in [6.45, 7) is 2.90. The molecule has 0 aliphatic heterocycles. The summed E-state index contributed by atoms with van der Waals surface area (Å²) >= 11 is 5.77. The molecule has 0 saturated carbocycles. The molecule has 0 radical (unpaired) electrons. The Morgan fingerprint density at radius 1 is 1.39 bits per heavy atom. The van der Waals surface area contributed by atoms with Gasteiger partial charge in [0, 0.05) is 30.7 Å². The fraction of sp³-hybridized carbons (Fsp3) is 0.357. The van der Waals surface area contributed by atoms with E-state index < -0.39 is 18.2 Å². The summed E-state index contributed by atoms with van der Waals surface area (Å²) in [4.78, 5) is 15.7. The third-order valence-electron chi connectivity index (χ3n) is 3.34. The molecular weight excluding hydrogens is 335 g/mol. The predicted octanol–water partition coefficient (Wildman–Crippen LogP) is 3.55. The van der Waals surface area contributed by atoms with Crippen LogP contribution in [0.4, 0.5) is 13.2 Å². The Balaban J connectivity index is 2.42. The maximum absolute atomic E-state index is 13.4. The molecule has 0 fully saturated rings. The molecule has 2 aromatic rings. The number of ether oxygens (including phenoxy) is 1. The number of aryl methyl sites for hydroxylation is 2. The van der Waals surface area contributed by atoms with Crippen LogP contribution in [0, 0.1) is 13.8 Å². The number of halogens is 4. The van der Waals surface area contributed by atoms with Crippen molar-refractivity contribution in [1.82, 2.24) is 14.8 Å². The fourth-order valence-corrected chi connectivity index (χ4v) is 2.37. The van der Waals surface area contributed by atoms with Crippen molar-refractivity contribution >= 4 is 17.6 Å². The third-order valence-corrected chi connectivity index (χ3v) is 3.64. The molecule has 0 saturated heterocycles. The van der Waals surface area contributed by atoms with E-state index in [2.05, 4.69) is 10.1 Å². The van der Waals surface area contributed by atoms with Gasteiger partial charge >= 0.3 is 12.1 Å². The topological polar surface area (TPSA) is 57.0 Å². The second-order valence-corrected chi connectivity index (χ2v) is 5.30. The first kappa shape index (κ1) is 17.3. The molecule has 0 aliphatic rings. The van der Waals surface area contributed by atoms with Gasteiger partial charge in [-0.3, -0.25) is 9.67 Å². The quantitative estimate of drug-likeness (QED) is 0.797. The van der Waals surface area contributed by atoms with Gasteiger partial charge in [-0.15, -0.1) is 0 Å². The second kappa shape index (κ2) is 6.19. The van der Waals surface area contributed by atoms with Gasteiger partial charge in [-0.05, 0) is 19.9 Å². The van der Waals surface area contributed by atoms with E-state index in [1.165, 1.54) is 37.8 Å². The molecule has 0 aromatic carbocycles. The second-order valence-electron chi connectivity index (χ2n) is 4.89. The molecule has 9 heteroatoms. The van der Waals surface area contributed by atoms with Crippen LogP contribution in [-0.4, -0.2) is 26.9 Å². The zero-order valence-electron chi connectivity index (χ0n) is 12.5. The van der Waals surface area contributed by atoms with Crippen LogP contribution in [0.15, 0.2) is 18.5 Å². The number of alkyl halides is 3. The first-order valence-electron chi connectivity index (χ1n) is 6.50. The summed E-state index contributed by atoms with van der Waals surface area (Å²) < 4.78 is 46.2. The fourth-order valence-electron chi connectivity index (χ4n) is 2.17. The summed E-state index contributed by atoms with van der Waals surface area (Å²) in [5.74, 6) is -1.18. The number of nitrogens with zero attached hydrogens (tertiary/aromatic N) is 3. The van der Waals surface area contributed by atoms with Gasteiger partial charge in [0.2, 0.25) is 6.10 Å². The Bertz CT molecular complexity index is 743. The highest BCUT2D eigenvalue weighted by molar-refractivity contribution is 6.33. The molecule has 2 aromatic heterocycles. The molecule has 1 atom stereocenters. The van der Waals surface area contributed by atoms with Crippen LogP contribution in [0.2, 0.25) is 5.02 Å². The lowest BCUT2D eigenvalue weighted by Crippen LogP contribution is -2.27. The van der Waals surface area contributed by atoms with E-state index in [1.807, 2.05) is 0 Å². The number of hydrogen-bond acceptors (Lipinski definition) is 4. The number of esters is 1. The number of pyridine rings is 1. The molecule has 2 heterocycles. The molecule has 0 unspecified atom stereocenters. The van der Waals surface area contributed by atoms with Crippen molar-refractivity contribution in [2.75, 3.05) is 0 Å². The van der Waals surface area contributed by atoms with E-state index in [9.17, 15) is 18.0 Å². The Kier molecular flexibility index (Phi) is 4.65. The lowest BCUT2D eigenvalue weighted by molar-refractivity contribution is -0.207. The van der Waals surface area contributed by atoms with Crippen molar-refractivity contribution in [3.05, 3.63) is 46.0 Å². The summed E-state index contributed by atoms with van der Waals surface area (Å²) in [5, 5.41) is 3.85. The van der Waals surface area contributed by atoms with Gasteiger partial charge in [0.15, 0.2) is 0 Å². The highest BCUT2D eigenvalue weighted by atomic mass is 35.5. The minimum absolute atomic E-state index is 0.0851. The molecule has 23 heavy (non-hydrogen) atoms. The summed E-state index contributed by atoms with van der Waals surface area (Å²) in [6, 6.07) is 1.20. The SMILES string of the molecule is Cc1nn(C)c(C)c1[C@@H](OC(=O)c1ccncc1Cl)C(F)(F)F. The molecule has 0 bridgehead atoms. The summed E-state index contributed by atoms with van der Waals surface area (Å²) in [6.07, 6.45) is -4.81. The van der Waals surface area contributed by atoms with Gasteiger partial charge in [-0.1, -0.05) is 11.6 Å². The van der Waals surface area contributed by atoms with Crippen LogP contribution in [0.3, 0.4) is 0 Å². The average Bonchev–Trinajstić information content (AvgIpc) is 2.69. The van der Waals surface area contributed by atoms with E-state index in [0.29, 0.717) is 0 Å².